The summed E-state index contributed by atoms with van der Waals surface area (Å²) in [5.41, 5.74) is 0. The fraction of sp³-hybridized carbons (Fsp3) is 0.200. The Labute approximate surface area is 112 Å². The lowest BCUT2D eigenvalue weighted by Crippen LogP contribution is -2.03. The third-order valence-corrected chi connectivity index (χ3v) is 3.44. The minimum absolute atomic E-state index is 0.151. The summed E-state index contributed by atoms with van der Waals surface area (Å²) < 4.78 is 11.3. The number of hydrogen-bond donors (Lipinski definition) is 0. The van der Waals surface area contributed by atoms with Gasteiger partial charge in [-0.05, 0) is 28.7 Å². The summed E-state index contributed by atoms with van der Waals surface area (Å²) in [5, 5.41) is 1.11. The zero-order chi connectivity index (χ0) is 11.3. The highest BCUT2D eigenvalue weighted by atomic mass is 127. The molecule has 0 saturated heterocycles. The van der Waals surface area contributed by atoms with Gasteiger partial charge in [0, 0.05) is 11.1 Å². The van der Waals surface area contributed by atoms with E-state index in [4.69, 9.17) is 32.7 Å². The molecule has 0 atom stereocenters. The molecule has 0 unspecified atom stereocenters. The molecule has 2 nitrogen and oxygen atoms in total. The lowest BCUT2D eigenvalue weighted by atomic mass is 10.3. The molecule has 82 valence electrons. The molecule has 0 aliphatic rings. The van der Waals surface area contributed by atoms with Gasteiger partial charge in [0.2, 0.25) is 0 Å². The molecule has 0 aromatic heterocycles. The molecule has 0 amide bonds. The fourth-order valence-corrected chi connectivity index (χ4v) is 1.82. The predicted molar refractivity (Wildman–Crippen MR) is 70.8 cm³/mol. The van der Waals surface area contributed by atoms with Crippen LogP contribution in [-0.4, -0.2) is 13.4 Å². The minimum atomic E-state index is 0.151. The van der Waals surface area contributed by atoms with Crippen LogP contribution in [0.4, 0.5) is 0 Å². The lowest BCUT2D eigenvalue weighted by molar-refractivity contribution is 0.0302. The van der Waals surface area contributed by atoms with E-state index < -0.39 is 0 Å². The molecule has 0 radical (unpaired) electrons. The Bertz CT molecular complexity index is 356. The second kappa shape index (κ2) is 6.58. The van der Waals surface area contributed by atoms with Gasteiger partial charge in [-0.1, -0.05) is 29.3 Å². The third-order valence-electron chi connectivity index (χ3n) is 1.49. The lowest BCUT2D eigenvalue weighted by Gasteiger charge is -2.09. The van der Waals surface area contributed by atoms with Crippen molar-refractivity contribution in [3.63, 3.8) is 0 Å². The first-order chi connectivity index (χ1) is 7.15. The van der Waals surface area contributed by atoms with Crippen molar-refractivity contribution in [2.24, 2.45) is 0 Å². The van der Waals surface area contributed by atoms with Gasteiger partial charge in [0.05, 0.1) is 15.2 Å². The summed E-state index contributed by atoms with van der Waals surface area (Å²) in [5.74, 6) is 0.622. The molecule has 0 heterocycles. The van der Waals surface area contributed by atoms with Crippen molar-refractivity contribution in [2.45, 2.75) is 0 Å². The van der Waals surface area contributed by atoms with Crippen LogP contribution < -0.4 is 4.74 Å². The summed E-state index contributed by atoms with van der Waals surface area (Å²) in [6, 6.07) is 3.37. The van der Waals surface area contributed by atoms with E-state index in [-0.39, 0.29) is 6.79 Å². The van der Waals surface area contributed by atoms with Crippen LogP contribution in [0.15, 0.2) is 24.8 Å². The van der Waals surface area contributed by atoms with Gasteiger partial charge in [-0.15, -0.1) is 6.58 Å². The summed E-state index contributed by atoms with van der Waals surface area (Å²) in [6.45, 7) is 4.13. The van der Waals surface area contributed by atoms with Crippen LogP contribution in [0.5, 0.6) is 5.75 Å². The molecule has 15 heavy (non-hydrogen) atoms. The van der Waals surface area contributed by atoms with E-state index in [9.17, 15) is 0 Å². The van der Waals surface area contributed by atoms with Gasteiger partial charge in [0.15, 0.2) is 6.79 Å². The molecule has 5 heteroatoms. The third kappa shape index (κ3) is 4.18. The highest BCUT2D eigenvalue weighted by Gasteiger charge is 2.07. The second-order valence-electron chi connectivity index (χ2n) is 2.62. The predicted octanol–water partition coefficient (Wildman–Crippen LogP) is 4.14. The first-order valence-corrected chi connectivity index (χ1v) is 5.94. The summed E-state index contributed by atoms with van der Waals surface area (Å²) in [7, 11) is 0. The van der Waals surface area contributed by atoms with Gasteiger partial charge in [0.1, 0.15) is 5.75 Å². The number of hydrogen-bond acceptors (Lipinski definition) is 2. The Kier molecular flexibility index (Phi) is 5.74. The van der Waals surface area contributed by atoms with Crippen LogP contribution in [0, 0.1) is 3.57 Å². The molecule has 0 spiro atoms. The minimum Gasteiger partial charge on any atom is -0.466 e. The molecule has 1 aromatic carbocycles. The molecule has 0 fully saturated rings. The Morgan fingerprint density at radius 1 is 1.40 bits per heavy atom. The molecular weight excluding hydrogens is 350 g/mol. The van der Waals surface area contributed by atoms with Crippen LogP contribution in [0.1, 0.15) is 0 Å². The van der Waals surface area contributed by atoms with Crippen LogP contribution >= 0.6 is 45.8 Å². The first-order valence-electron chi connectivity index (χ1n) is 4.11. The quantitative estimate of drug-likeness (QED) is 0.259. The molecule has 0 N–H and O–H groups in total. The van der Waals surface area contributed by atoms with Crippen molar-refractivity contribution >= 4 is 45.8 Å². The number of ether oxygens (including phenoxy) is 2. The van der Waals surface area contributed by atoms with Crippen molar-refractivity contribution in [2.75, 3.05) is 13.4 Å². The zero-order valence-electron chi connectivity index (χ0n) is 7.80. The van der Waals surface area contributed by atoms with E-state index in [1.54, 1.807) is 18.2 Å². The summed E-state index contributed by atoms with van der Waals surface area (Å²) in [6.07, 6.45) is 1.65. The van der Waals surface area contributed by atoms with Crippen LogP contribution in [0.2, 0.25) is 10.0 Å². The summed E-state index contributed by atoms with van der Waals surface area (Å²) >= 11 is 13.9. The molecule has 0 aliphatic carbocycles. The number of halogens is 3. The van der Waals surface area contributed by atoms with E-state index >= 15 is 0 Å². The van der Waals surface area contributed by atoms with E-state index in [1.807, 2.05) is 0 Å². The average molecular weight is 359 g/mol. The van der Waals surface area contributed by atoms with Gasteiger partial charge < -0.3 is 9.47 Å². The van der Waals surface area contributed by atoms with Crippen molar-refractivity contribution in [1.29, 1.82) is 0 Å². The molecule has 0 saturated carbocycles. The van der Waals surface area contributed by atoms with E-state index in [0.717, 1.165) is 3.57 Å². The second-order valence-corrected chi connectivity index (χ2v) is 4.54. The van der Waals surface area contributed by atoms with Crippen molar-refractivity contribution < 1.29 is 9.47 Å². The summed E-state index contributed by atoms with van der Waals surface area (Å²) in [4.78, 5) is 0. The van der Waals surface area contributed by atoms with E-state index in [0.29, 0.717) is 22.4 Å². The highest BCUT2D eigenvalue weighted by Crippen LogP contribution is 2.31. The fourth-order valence-electron chi connectivity index (χ4n) is 0.874. The molecule has 1 rings (SSSR count). The van der Waals surface area contributed by atoms with Gasteiger partial charge in [-0.25, -0.2) is 0 Å². The standard InChI is InChI=1S/C10H9Cl2IO2/c1-2-3-14-6-15-9-5-7(11)4-8(12)10(9)13/h2,4-5H,1,3,6H2. The Balaban J connectivity index is 2.63. The Hall–Kier alpha value is 0.0300. The average Bonchev–Trinajstić information content (AvgIpc) is 2.19. The van der Waals surface area contributed by atoms with Crippen molar-refractivity contribution in [1.82, 2.24) is 0 Å². The van der Waals surface area contributed by atoms with Crippen LogP contribution in [0.25, 0.3) is 0 Å². The zero-order valence-corrected chi connectivity index (χ0v) is 11.5. The van der Waals surface area contributed by atoms with Crippen LogP contribution in [0.3, 0.4) is 0 Å². The van der Waals surface area contributed by atoms with Gasteiger partial charge in [-0.3, -0.25) is 0 Å². The smallest absolute Gasteiger partial charge is 0.189 e. The maximum absolute atomic E-state index is 5.93. The monoisotopic (exact) mass is 358 g/mol. The van der Waals surface area contributed by atoms with Gasteiger partial charge in [0.25, 0.3) is 0 Å². The topological polar surface area (TPSA) is 18.5 Å². The number of rotatable bonds is 5. The molecule has 0 bridgehead atoms. The normalized spacial score (nSPS) is 10.1. The highest BCUT2D eigenvalue weighted by molar-refractivity contribution is 14.1. The van der Waals surface area contributed by atoms with Gasteiger partial charge in [-0.2, -0.15) is 0 Å². The SMILES string of the molecule is C=CCOCOc1cc(Cl)cc(Cl)c1I. The maximum atomic E-state index is 5.93. The Morgan fingerprint density at radius 3 is 2.80 bits per heavy atom. The molecular formula is C10H9Cl2IO2. The van der Waals surface area contributed by atoms with Gasteiger partial charge >= 0.3 is 0 Å². The van der Waals surface area contributed by atoms with Crippen molar-refractivity contribution in [3.05, 3.63) is 38.4 Å². The first kappa shape index (κ1) is 13.1. The van der Waals surface area contributed by atoms with E-state index in [1.165, 1.54) is 0 Å². The Morgan fingerprint density at radius 2 is 2.13 bits per heavy atom. The van der Waals surface area contributed by atoms with Crippen LogP contribution in [-0.2, 0) is 4.74 Å². The van der Waals surface area contributed by atoms with Crippen molar-refractivity contribution in [3.8, 4) is 5.75 Å². The number of benzene rings is 1. The maximum Gasteiger partial charge on any atom is 0.189 e. The molecule has 1 aromatic rings. The molecule has 0 aliphatic heterocycles. The largest absolute Gasteiger partial charge is 0.466 e. The van der Waals surface area contributed by atoms with E-state index in [2.05, 4.69) is 29.2 Å².